The molecule has 1 aromatic heterocycles. The second-order valence-electron chi connectivity index (χ2n) is 5.10. The van der Waals surface area contributed by atoms with Crippen LogP contribution in [0.3, 0.4) is 0 Å². The van der Waals surface area contributed by atoms with Crippen molar-refractivity contribution in [3.63, 3.8) is 0 Å². The van der Waals surface area contributed by atoms with Gasteiger partial charge in [-0.05, 0) is 31.7 Å². The van der Waals surface area contributed by atoms with Crippen molar-refractivity contribution in [1.82, 2.24) is 10.3 Å². The van der Waals surface area contributed by atoms with Crippen LogP contribution in [0.1, 0.15) is 25.7 Å². The van der Waals surface area contributed by atoms with E-state index < -0.39 is 0 Å². The van der Waals surface area contributed by atoms with Gasteiger partial charge >= 0.3 is 0 Å². The highest BCUT2D eigenvalue weighted by molar-refractivity contribution is 5.41. The molecule has 1 aliphatic heterocycles. The van der Waals surface area contributed by atoms with Crippen LogP contribution in [0.25, 0.3) is 0 Å². The molecule has 0 amide bonds. The zero-order chi connectivity index (χ0) is 12.2. The van der Waals surface area contributed by atoms with Crippen LogP contribution in [0.15, 0.2) is 18.2 Å². The molecule has 0 spiro atoms. The Kier molecular flexibility index (Phi) is 3.64. The van der Waals surface area contributed by atoms with E-state index in [1.807, 2.05) is 6.07 Å². The zero-order valence-corrected chi connectivity index (χ0v) is 10.8. The highest BCUT2D eigenvalue weighted by atomic mass is 16.5. The van der Waals surface area contributed by atoms with Gasteiger partial charge in [0, 0.05) is 32.2 Å². The summed E-state index contributed by atoms with van der Waals surface area (Å²) in [5.74, 6) is 1.84. The minimum Gasteiger partial charge on any atom is -0.474 e. The number of rotatable bonds is 3. The first kappa shape index (κ1) is 11.8. The van der Waals surface area contributed by atoms with Gasteiger partial charge in [-0.1, -0.05) is 6.07 Å². The minimum absolute atomic E-state index is 0.385. The highest BCUT2D eigenvalue weighted by Gasteiger charge is 2.18. The van der Waals surface area contributed by atoms with E-state index in [4.69, 9.17) is 4.74 Å². The smallest absolute Gasteiger partial charge is 0.215 e. The van der Waals surface area contributed by atoms with Gasteiger partial charge in [0.15, 0.2) is 0 Å². The summed E-state index contributed by atoms with van der Waals surface area (Å²) < 4.78 is 5.95. The first-order chi connectivity index (χ1) is 8.92. The molecule has 1 aliphatic carbocycles. The van der Waals surface area contributed by atoms with E-state index in [0.29, 0.717) is 6.10 Å². The molecule has 2 fully saturated rings. The molecular weight excluding hydrogens is 226 g/mol. The summed E-state index contributed by atoms with van der Waals surface area (Å²) in [6, 6.07) is 6.10. The van der Waals surface area contributed by atoms with E-state index in [-0.39, 0.29) is 0 Å². The lowest BCUT2D eigenvalue weighted by molar-refractivity contribution is 0.201. The van der Waals surface area contributed by atoms with E-state index >= 15 is 0 Å². The van der Waals surface area contributed by atoms with Gasteiger partial charge < -0.3 is 15.0 Å². The number of ether oxygens (including phenoxy) is 1. The average molecular weight is 247 g/mol. The molecule has 0 atom stereocenters. The van der Waals surface area contributed by atoms with E-state index in [1.54, 1.807) is 0 Å². The lowest BCUT2D eigenvalue weighted by Crippen LogP contribution is -2.43. The number of hydrogen-bond acceptors (Lipinski definition) is 4. The average Bonchev–Trinajstić information content (AvgIpc) is 2.93. The topological polar surface area (TPSA) is 37.4 Å². The Morgan fingerprint density at radius 2 is 1.94 bits per heavy atom. The summed E-state index contributed by atoms with van der Waals surface area (Å²) in [5.41, 5.74) is 0. The predicted molar refractivity (Wildman–Crippen MR) is 72.2 cm³/mol. The van der Waals surface area contributed by atoms with Crippen LogP contribution >= 0.6 is 0 Å². The Morgan fingerprint density at radius 1 is 1.17 bits per heavy atom. The number of pyridine rings is 1. The summed E-state index contributed by atoms with van der Waals surface area (Å²) in [5, 5.41) is 3.36. The largest absolute Gasteiger partial charge is 0.474 e. The van der Waals surface area contributed by atoms with E-state index in [9.17, 15) is 0 Å². The molecule has 1 saturated carbocycles. The zero-order valence-electron chi connectivity index (χ0n) is 10.8. The Morgan fingerprint density at radius 3 is 2.72 bits per heavy atom. The van der Waals surface area contributed by atoms with Crippen LogP contribution in [-0.4, -0.2) is 37.3 Å². The molecule has 0 unspecified atom stereocenters. The van der Waals surface area contributed by atoms with Crippen LogP contribution in [-0.2, 0) is 0 Å². The fourth-order valence-electron chi connectivity index (χ4n) is 2.72. The monoisotopic (exact) mass is 247 g/mol. The molecule has 0 radical (unpaired) electrons. The molecule has 98 valence electrons. The maximum Gasteiger partial charge on any atom is 0.215 e. The van der Waals surface area contributed by atoms with E-state index in [1.165, 1.54) is 25.7 Å². The third-order valence-electron chi connectivity index (χ3n) is 3.74. The fourth-order valence-corrected chi connectivity index (χ4v) is 2.72. The number of piperazine rings is 1. The molecule has 3 rings (SSSR count). The van der Waals surface area contributed by atoms with Crippen LogP contribution in [0.4, 0.5) is 5.82 Å². The van der Waals surface area contributed by atoms with Crippen molar-refractivity contribution >= 4 is 5.82 Å². The van der Waals surface area contributed by atoms with Gasteiger partial charge in [-0.3, -0.25) is 0 Å². The standard InChI is InChI=1S/C14H21N3O/c1-2-5-12(4-1)18-14-7-3-6-13(16-14)17-10-8-15-9-11-17/h3,6-7,12,15H,1-2,4-5,8-11H2. The summed E-state index contributed by atoms with van der Waals surface area (Å²) in [6.45, 7) is 4.13. The van der Waals surface area contributed by atoms with Gasteiger partial charge in [0.25, 0.3) is 0 Å². The molecule has 2 heterocycles. The predicted octanol–water partition coefficient (Wildman–Crippen LogP) is 1.81. The van der Waals surface area contributed by atoms with Gasteiger partial charge in [-0.15, -0.1) is 0 Å². The van der Waals surface area contributed by atoms with Gasteiger partial charge in [0.1, 0.15) is 11.9 Å². The Hall–Kier alpha value is -1.29. The SMILES string of the molecule is c1cc(OC2CCCC2)nc(N2CCNCC2)c1. The van der Waals surface area contributed by atoms with E-state index in [2.05, 4.69) is 27.3 Å². The number of aromatic nitrogens is 1. The van der Waals surface area contributed by atoms with Crippen LogP contribution in [0.5, 0.6) is 5.88 Å². The van der Waals surface area contributed by atoms with Gasteiger partial charge in [-0.25, -0.2) is 0 Å². The van der Waals surface area contributed by atoms with Gasteiger partial charge in [0.05, 0.1) is 0 Å². The molecule has 2 aliphatic rings. The van der Waals surface area contributed by atoms with Crippen molar-refractivity contribution in [3.05, 3.63) is 18.2 Å². The molecule has 1 saturated heterocycles. The molecule has 1 N–H and O–H groups in total. The molecule has 4 nitrogen and oxygen atoms in total. The summed E-state index contributed by atoms with van der Waals surface area (Å²) in [4.78, 5) is 6.95. The maximum atomic E-state index is 5.95. The minimum atomic E-state index is 0.385. The van der Waals surface area contributed by atoms with Gasteiger partial charge in [-0.2, -0.15) is 4.98 Å². The number of nitrogens with one attached hydrogen (secondary N) is 1. The molecule has 18 heavy (non-hydrogen) atoms. The number of hydrogen-bond donors (Lipinski definition) is 1. The maximum absolute atomic E-state index is 5.95. The first-order valence-corrected chi connectivity index (χ1v) is 7.01. The third kappa shape index (κ3) is 2.75. The molecule has 0 aromatic carbocycles. The molecule has 4 heteroatoms. The molecule has 1 aromatic rings. The van der Waals surface area contributed by atoms with Crippen molar-refractivity contribution in [2.75, 3.05) is 31.1 Å². The number of anilines is 1. The molecule has 0 bridgehead atoms. The Balaban J connectivity index is 1.67. The van der Waals surface area contributed by atoms with E-state index in [0.717, 1.165) is 37.9 Å². The summed E-state index contributed by atoms with van der Waals surface area (Å²) in [7, 11) is 0. The van der Waals surface area contributed by atoms with Crippen molar-refractivity contribution in [3.8, 4) is 5.88 Å². The lowest BCUT2D eigenvalue weighted by Gasteiger charge is -2.28. The Labute approximate surface area is 108 Å². The highest BCUT2D eigenvalue weighted by Crippen LogP contribution is 2.24. The second kappa shape index (κ2) is 5.57. The van der Waals surface area contributed by atoms with Crippen LogP contribution in [0.2, 0.25) is 0 Å². The van der Waals surface area contributed by atoms with Crippen molar-refractivity contribution in [2.24, 2.45) is 0 Å². The van der Waals surface area contributed by atoms with Crippen LogP contribution in [0, 0.1) is 0 Å². The first-order valence-electron chi connectivity index (χ1n) is 7.01. The third-order valence-corrected chi connectivity index (χ3v) is 3.74. The normalized spacial score (nSPS) is 21.2. The quantitative estimate of drug-likeness (QED) is 0.884. The Bertz CT molecular complexity index is 384. The fraction of sp³-hybridized carbons (Fsp3) is 0.643. The van der Waals surface area contributed by atoms with Crippen molar-refractivity contribution < 1.29 is 4.74 Å². The summed E-state index contributed by atoms with van der Waals surface area (Å²) in [6.07, 6.45) is 5.33. The number of nitrogens with zero attached hydrogens (tertiary/aromatic N) is 2. The molecular formula is C14H21N3O. The van der Waals surface area contributed by atoms with Crippen molar-refractivity contribution in [1.29, 1.82) is 0 Å². The van der Waals surface area contributed by atoms with Crippen LogP contribution < -0.4 is 15.0 Å². The lowest BCUT2D eigenvalue weighted by atomic mass is 10.3. The van der Waals surface area contributed by atoms with Gasteiger partial charge in [0.2, 0.25) is 5.88 Å². The summed E-state index contributed by atoms with van der Waals surface area (Å²) >= 11 is 0. The van der Waals surface area contributed by atoms with Crippen molar-refractivity contribution in [2.45, 2.75) is 31.8 Å². The second-order valence-corrected chi connectivity index (χ2v) is 5.10.